The summed E-state index contributed by atoms with van der Waals surface area (Å²) >= 11 is 0. The fourth-order valence-corrected chi connectivity index (χ4v) is 17.4. The molecule has 6 heterocycles. The van der Waals surface area contributed by atoms with Crippen LogP contribution in [0, 0.1) is 0 Å². The van der Waals surface area contributed by atoms with Crippen LogP contribution in [0.3, 0.4) is 0 Å². The molecule has 19 aromatic rings. The second-order valence-corrected chi connectivity index (χ2v) is 27.7. The Kier molecular flexibility index (Phi) is 10.7. The van der Waals surface area contributed by atoms with Crippen LogP contribution in [0.2, 0.25) is 0 Å². The lowest BCUT2D eigenvalue weighted by molar-refractivity contribution is 0.660. The maximum Gasteiger partial charge on any atom is 0.0966 e. The second-order valence-electron chi connectivity index (χ2n) is 27.7. The van der Waals surface area contributed by atoms with E-state index in [2.05, 4.69) is 325 Å². The minimum Gasteiger partial charge on any atom is -0.309 e. The van der Waals surface area contributed by atoms with E-state index in [0.717, 1.165) is 55.2 Å². The predicted octanol–water partition coefficient (Wildman–Crippen LogP) is 23.1. The molecule has 2 aliphatic carbocycles. The van der Waals surface area contributed by atoms with Crippen molar-refractivity contribution < 1.29 is 0 Å². The minimum atomic E-state index is -0.0897. The third kappa shape index (κ3) is 7.30. The number of pyridine rings is 2. The summed E-state index contributed by atoms with van der Waals surface area (Å²) in [6.45, 7) is 9.44. The fourth-order valence-electron chi connectivity index (χ4n) is 17.4. The fraction of sp³-hybridized carbons (Fsp3) is 0.0667. The van der Waals surface area contributed by atoms with Crippen LogP contribution in [0.5, 0.6) is 0 Å². The molecule has 0 bridgehead atoms. The molecule has 0 saturated carbocycles. The van der Waals surface area contributed by atoms with Crippen LogP contribution in [-0.2, 0) is 10.8 Å². The van der Waals surface area contributed by atoms with Gasteiger partial charge in [0.15, 0.2) is 0 Å². The Hall–Kier alpha value is -12.1. The molecular formula is C90H60N6. The average molecular weight is 1230 g/mol. The van der Waals surface area contributed by atoms with Crippen molar-refractivity contribution in [1.82, 2.24) is 28.2 Å². The summed E-state index contributed by atoms with van der Waals surface area (Å²) in [5.41, 5.74) is 30.9. The predicted molar refractivity (Wildman–Crippen MR) is 400 cm³/mol. The molecule has 6 nitrogen and oxygen atoms in total. The van der Waals surface area contributed by atoms with E-state index < -0.39 is 0 Å². The summed E-state index contributed by atoms with van der Waals surface area (Å²) in [4.78, 5) is 10.5. The Bertz CT molecular complexity index is 6250. The van der Waals surface area contributed by atoms with E-state index in [1.807, 2.05) is 12.4 Å². The zero-order valence-corrected chi connectivity index (χ0v) is 53.4. The van der Waals surface area contributed by atoms with Crippen LogP contribution in [-0.4, -0.2) is 28.2 Å². The Balaban J connectivity index is 0.615. The summed E-state index contributed by atoms with van der Waals surface area (Å²) in [7, 11) is 0. The molecule has 96 heavy (non-hydrogen) atoms. The number of hydrogen-bond donors (Lipinski definition) is 0. The smallest absolute Gasteiger partial charge is 0.0966 e. The molecule has 6 heteroatoms. The molecule has 0 atom stereocenters. The highest BCUT2D eigenvalue weighted by Crippen LogP contribution is 2.52. The van der Waals surface area contributed by atoms with Crippen LogP contribution in [0.1, 0.15) is 49.9 Å². The van der Waals surface area contributed by atoms with Gasteiger partial charge in [-0.2, -0.15) is 0 Å². The molecule has 6 aromatic heterocycles. The highest BCUT2D eigenvalue weighted by molar-refractivity contribution is 6.16. The van der Waals surface area contributed by atoms with Crippen molar-refractivity contribution in [2.75, 3.05) is 0 Å². The van der Waals surface area contributed by atoms with Crippen molar-refractivity contribution in [3.63, 3.8) is 0 Å². The number of nitrogens with zero attached hydrogens (tertiary/aromatic N) is 6. The zero-order valence-electron chi connectivity index (χ0n) is 53.4. The van der Waals surface area contributed by atoms with Gasteiger partial charge in [0.2, 0.25) is 0 Å². The first kappa shape index (κ1) is 53.4. The normalized spacial score (nSPS) is 13.8. The number of fused-ring (bicyclic) bond motifs is 21. The quantitative estimate of drug-likeness (QED) is 0.156. The van der Waals surface area contributed by atoms with Gasteiger partial charge in [-0.25, -0.2) is 0 Å². The summed E-state index contributed by atoms with van der Waals surface area (Å²) in [6, 6.07) is 104. The summed E-state index contributed by atoms with van der Waals surface area (Å²) in [6.07, 6.45) is 4.05. The number of hydrogen-bond acceptors (Lipinski definition) is 2. The van der Waals surface area contributed by atoms with Crippen molar-refractivity contribution >= 4 is 109 Å². The third-order valence-corrected chi connectivity index (χ3v) is 22.0. The molecule has 0 amide bonds. The van der Waals surface area contributed by atoms with E-state index in [1.54, 1.807) is 0 Å². The van der Waals surface area contributed by atoms with E-state index in [9.17, 15) is 0 Å². The van der Waals surface area contributed by atoms with Crippen molar-refractivity contribution in [1.29, 1.82) is 0 Å². The van der Waals surface area contributed by atoms with Gasteiger partial charge < -0.3 is 18.3 Å². The Morgan fingerprint density at radius 2 is 0.521 bits per heavy atom. The van der Waals surface area contributed by atoms with Crippen LogP contribution in [0.25, 0.3) is 176 Å². The Morgan fingerprint density at radius 1 is 0.229 bits per heavy atom. The summed E-state index contributed by atoms with van der Waals surface area (Å²) in [5.74, 6) is 0. The Morgan fingerprint density at radius 3 is 0.875 bits per heavy atom. The van der Waals surface area contributed by atoms with Gasteiger partial charge in [-0.3, -0.25) is 9.97 Å². The maximum absolute atomic E-state index is 5.27. The van der Waals surface area contributed by atoms with Crippen LogP contribution in [0.4, 0.5) is 0 Å². The molecular weight excluding hydrogens is 1170 g/mol. The van der Waals surface area contributed by atoms with Gasteiger partial charge in [0, 0.05) is 76.1 Å². The van der Waals surface area contributed by atoms with Gasteiger partial charge >= 0.3 is 0 Å². The van der Waals surface area contributed by atoms with E-state index >= 15 is 0 Å². The van der Waals surface area contributed by atoms with Crippen LogP contribution in [0.15, 0.2) is 291 Å². The second kappa shape index (κ2) is 19.3. The van der Waals surface area contributed by atoms with Gasteiger partial charge in [0.25, 0.3) is 0 Å². The summed E-state index contributed by atoms with van der Waals surface area (Å²) in [5, 5.41) is 11.8. The number of benzene rings is 13. The van der Waals surface area contributed by atoms with Crippen LogP contribution >= 0.6 is 0 Å². The molecule has 0 unspecified atom stereocenters. The number of para-hydroxylation sites is 4. The van der Waals surface area contributed by atoms with Gasteiger partial charge in [0.05, 0.1) is 78.9 Å². The molecule has 0 radical (unpaired) electrons. The van der Waals surface area contributed by atoms with Gasteiger partial charge in [-0.1, -0.05) is 198 Å². The van der Waals surface area contributed by atoms with Gasteiger partial charge in [-0.05, 0) is 176 Å². The molecule has 13 aromatic carbocycles. The van der Waals surface area contributed by atoms with E-state index in [0.29, 0.717) is 0 Å². The lowest BCUT2D eigenvalue weighted by Gasteiger charge is -2.22. The average Bonchev–Trinajstić information content (AvgIpc) is 1.56. The Labute approximate surface area is 553 Å². The molecule has 0 aliphatic heterocycles. The largest absolute Gasteiger partial charge is 0.309 e. The first-order valence-corrected chi connectivity index (χ1v) is 33.4. The lowest BCUT2D eigenvalue weighted by atomic mass is 9.82. The van der Waals surface area contributed by atoms with Crippen molar-refractivity contribution in [3.8, 4) is 67.3 Å². The highest BCUT2D eigenvalue weighted by Gasteiger charge is 2.37. The van der Waals surface area contributed by atoms with E-state index in [4.69, 9.17) is 9.97 Å². The molecule has 2 aliphatic rings. The SMILES string of the molecule is CC1(C)c2ccccc2-c2ccc(-n3c4ccccc4c4cc(-c5ccc6c(c5)c5ccccc5n6-c5cnc6c(ccc7cc(-n8c9ccccc9c9cc(-c%10ccc%11c(c%10)c%10ccccc%10n%11-c%10ccc%11c(c%10)C(C)(C)c%10ccccc%10-%11)ccc98)cnc76)c5)ccc43)cc21. The third-order valence-electron chi connectivity index (χ3n) is 22.0. The molecule has 0 spiro atoms. The standard InChI is InChI=1S/C90H60N6/c1-89(2)75-23-11-5-17-63(75)65-37-35-59(49-77(65)89)93-79-25-13-7-19-67(79)71-45-53(31-39-83(71)93)55-33-41-85-73(47-55)69-21-9-15-27-81(69)95(85)61-43-57-29-30-58-44-62(52-92-88(58)87(57)91-51-61)96-82-28-16-10-22-70(82)74-48-56(34-42-86(74)96)54-32-40-84-72(46-54)68-20-8-14-26-80(68)94(84)60-36-38-66-64-18-6-12-24-76(64)90(3,4)78(66)50-60/h5-52H,1-4H3. The van der Waals surface area contributed by atoms with Crippen LogP contribution < -0.4 is 0 Å². The molecule has 0 N–H and O–H groups in total. The highest BCUT2D eigenvalue weighted by atomic mass is 15.0. The maximum atomic E-state index is 5.27. The monoisotopic (exact) mass is 1220 g/mol. The van der Waals surface area contributed by atoms with E-state index in [1.165, 1.54) is 143 Å². The summed E-state index contributed by atoms with van der Waals surface area (Å²) < 4.78 is 9.65. The first-order valence-electron chi connectivity index (χ1n) is 33.4. The number of rotatable bonds is 6. The molecule has 450 valence electrons. The topological polar surface area (TPSA) is 45.5 Å². The minimum absolute atomic E-state index is 0.0897. The van der Waals surface area contributed by atoms with Gasteiger partial charge in [0.1, 0.15) is 0 Å². The van der Waals surface area contributed by atoms with Crippen molar-refractivity contribution in [3.05, 3.63) is 314 Å². The van der Waals surface area contributed by atoms with E-state index in [-0.39, 0.29) is 10.8 Å². The molecule has 0 saturated heterocycles. The lowest BCUT2D eigenvalue weighted by Crippen LogP contribution is -2.15. The molecule has 0 fully saturated rings. The first-order chi connectivity index (χ1) is 47.1. The van der Waals surface area contributed by atoms with Crippen molar-refractivity contribution in [2.24, 2.45) is 0 Å². The van der Waals surface area contributed by atoms with Gasteiger partial charge in [-0.15, -0.1) is 0 Å². The van der Waals surface area contributed by atoms with Crippen molar-refractivity contribution in [2.45, 2.75) is 38.5 Å². The molecule has 21 rings (SSSR count). The number of aromatic nitrogens is 6. The zero-order chi connectivity index (χ0) is 63.4.